The van der Waals surface area contributed by atoms with Crippen molar-refractivity contribution in [2.24, 2.45) is 5.92 Å². The quantitative estimate of drug-likeness (QED) is 0.729. The molecular weight excluding hydrogens is 329 g/mol. The number of anilines is 1. The predicted octanol–water partition coefficient (Wildman–Crippen LogP) is 2.30. The average molecular weight is 345 g/mol. The second-order valence-electron chi connectivity index (χ2n) is 6.02. The number of hydrogen-bond donors (Lipinski definition) is 0. The average Bonchev–Trinajstić information content (AvgIpc) is 3.12. The Morgan fingerprint density at radius 3 is 2.88 bits per heavy atom. The Labute approximate surface area is 141 Å². The van der Waals surface area contributed by atoms with Gasteiger partial charge in [-0.2, -0.15) is 0 Å². The molecule has 1 aliphatic rings. The van der Waals surface area contributed by atoms with Crippen LogP contribution in [0, 0.1) is 11.7 Å². The highest BCUT2D eigenvalue weighted by Crippen LogP contribution is 2.24. The number of aromatic nitrogens is 4. The Hall–Kier alpha value is -2.35. The lowest BCUT2D eigenvalue weighted by molar-refractivity contribution is 0.351. The summed E-state index contributed by atoms with van der Waals surface area (Å²) in [5, 5.41) is 9.40. The van der Waals surface area contributed by atoms with Gasteiger partial charge in [0.25, 0.3) is 5.56 Å². The van der Waals surface area contributed by atoms with Crippen molar-refractivity contribution in [2.75, 3.05) is 18.0 Å². The van der Waals surface area contributed by atoms with Gasteiger partial charge in [-0.1, -0.05) is 11.3 Å². The first-order chi connectivity index (χ1) is 11.7. The fourth-order valence-electron chi connectivity index (χ4n) is 3.15. The van der Waals surface area contributed by atoms with Crippen molar-refractivity contribution in [3.8, 4) is 0 Å². The topological polar surface area (TPSA) is 63.9 Å². The van der Waals surface area contributed by atoms with E-state index in [1.807, 2.05) is 0 Å². The lowest BCUT2D eigenvalue weighted by Crippen LogP contribution is -2.36. The van der Waals surface area contributed by atoms with Crippen LogP contribution in [-0.4, -0.2) is 32.8 Å². The van der Waals surface area contributed by atoms with Gasteiger partial charge in [-0.3, -0.25) is 9.36 Å². The number of nitrogens with zero attached hydrogens (tertiary/aromatic N) is 5. The van der Waals surface area contributed by atoms with Crippen molar-refractivity contribution in [3.63, 3.8) is 0 Å². The summed E-state index contributed by atoms with van der Waals surface area (Å²) in [6.07, 6.45) is 3.52. The largest absolute Gasteiger partial charge is 0.347 e. The van der Waals surface area contributed by atoms with Crippen LogP contribution >= 0.6 is 11.3 Å². The second kappa shape index (κ2) is 6.27. The van der Waals surface area contributed by atoms with Gasteiger partial charge in [-0.25, -0.2) is 9.37 Å². The fourth-order valence-corrected chi connectivity index (χ4v) is 3.77. The summed E-state index contributed by atoms with van der Waals surface area (Å²) in [4.78, 5) is 19.0. The highest BCUT2D eigenvalue weighted by atomic mass is 32.1. The zero-order valence-corrected chi connectivity index (χ0v) is 13.7. The number of fused-ring (bicyclic) bond motifs is 1. The van der Waals surface area contributed by atoms with Crippen molar-refractivity contribution < 1.29 is 4.39 Å². The first kappa shape index (κ1) is 15.2. The predicted molar refractivity (Wildman–Crippen MR) is 90.8 cm³/mol. The van der Waals surface area contributed by atoms with Gasteiger partial charge in [0.15, 0.2) is 0 Å². The van der Waals surface area contributed by atoms with Gasteiger partial charge in [-0.15, -0.1) is 10.2 Å². The van der Waals surface area contributed by atoms with Crippen LogP contribution in [0.3, 0.4) is 0 Å². The third kappa shape index (κ3) is 2.89. The smallest absolute Gasteiger partial charge is 0.261 e. The normalized spacial score (nSPS) is 16.0. The third-order valence-electron chi connectivity index (χ3n) is 4.48. The molecule has 124 valence electrons. The van der Waals surface area contributed by atoms with Gasteiger partial charge in [0, 0.05) is 25.7 Å². The highest BCUT2D eigenvalue weighted by molar-refractivity contribution is 7.13. The molecule has 1 fully saturated rings. The fraction of sp³-hybridized carbons (Fsp3) is 0.375. The minimum absolute atomic E-state index is 0.105. The summed E-state index contributed by atoms with van der Waals surface area (Å²) < 4.78 is 14.9. The van der Waals surface area contributed by atoms with E-state index in [9.17, 15) is 9.18 Å². The molecule has 1 aliphatic heterocycles. The van der Waals surface area contributed by atoms with Crippen molar-refractivity contribution in [2.45, 2.75) is 19.4 Å². The van der Waals surface area contributed by atoms with E-state index in [0.29, 0.717) is 23.4 Å². The first-order valence-corrected chi connectivity index (χ1v) is 8.74. The molecule has 3 aromatic rings. The highest BCUT2D eigenvalue weighted by Gasteiger charge is 2.22. The maximum absolute atomic E-state index is 13.2. The molecule has 0 amide bonds. The molecule has 0 N–H and O–H groups in total. The maximum Gasteiger partial charge on any atom is 0.261 e. The zero-order valence-electron chi connectivity index (χ0n) is 12.9. The minimum atomic E-state index is -0.379. The van der Waals surface area contributed by atoms with Gasteiger partial charge in [-0.05, 0) is 30.9 Å². The zero-order chi connectivity index (χ0) is 16.5. The van der Waals surface area contributed by atoms with E-state index in [2.05, 4.69) is 20.1 Å². The van der Waals surface area contributed by atoms with Crippen LogP contribution in [0.5, 0.6) is 0 Å². The van der Waals surface area contributed by atoms with Gasteiger partial charge < -0.3 is 4.90 Å². The van der Waals surface area contributed by atoms with Gasteiger partial charge in [0.2, 0.25) is 5.13 Å². The Bertz CT molecular complexity index is 902. The lowest BCUT2D eigenvalue weighted by atomic mass is 9.97. The van der Waals surface area contributed by atoms with Gasteiger partial charge in [0.1, 0.15) is 11.3 Å². The van der Waals surface area contributed by atoms with Gasteiger partial charge in [0.05, 0.1) is 17.2 Å². The summed E-state index contributed by atoms with van der Waals surface area (Å²) in [7, 11) is 0. The lowest BCUT2D eigenvalue weighted by Gasteiger charge is -2.31. The molecule has 8 heteroatoms. The molecule has 0 unspecified atom stereocenters. The molecular formula is C16H16FN5OS. The van der Waals surface area contributed by atoms with Crippen LogP contribution in [-0.2, 0) is 6.54 Å². The molecule has 0 atom stereocenters. The van der Waals surface area contributed by atoms with Crippen molar-refractivity contribution in [1.29, 1.82) is 0 Å². The van der Waals surface area contributed by atoms with E-state index in [0.717, 1.165) is 31.1 Å². The number of benzene rings is 1. The third-order valence-corrected chi connectivity index (χ3v) is 5.23. The van der Waals surface area contributed by atoms with E-state index < -0.39 is 0 Å². The Morgan fingerprint density at radius 2 is 2.12 bits per heavy atom. The Kier molecular flexibility index (Phi) is 3.97. The van der Waals surface area contributed by atoms with E-state index >= 15 is 0 Å². The van der Waals surface area contributed by atoms with Crippen LogP contribution in [0.1, 0.15) is 12.8 Å². The van der Waals surface area contributed by atoms with Crippen LogP contribution < -0.4 is 10.5 Å². The summed E-state index contributed by atoms with van der Waals surface area (Å²) in [6, 6.07) is 4.10. The molecule has 0 bridgehead atoms. The number of hydrogen-bond acceptors (Lipinski definition) is 6. The molecule has 3 heterocycles. The SMILES string of the molecule is O=c1c2ccc(F)cc2ncn1CC1CCN(c2nncs2)CC1. The van der Waals surface area contributed by atoms with Crippen molar-refractivity contribution in [3.05, 3.63) is 46.2 Å². The van der Waals surface area contributed by atoms with E-state index in [1.165, 1.54) is 24.5 Å². The molecule has 24 heavy (non-hydrogen) atoms. The number of halogens is 1. The molecule has 0 saturated carbocycles. The van der Waals surface area contributed by atoms with Crippen molar-refractivity contribution >= 4 is 27.4 Å². The van der Waals surface area contributed by atoms with Crippen LogP contribution in [0.2, 0.25) is 0 Å². The Balaban J connectivity index is 1.48. The Morgan fingerprint density at radius 1 is 1.29 bits per heavy atom. The monoisotopic (exact) mass is 345 g/mol. The van der Waals surface area contributed by atoms with Gasteiger partial charge >= 0.3 is 0 Å². The summed E-state index contributed by atoms with van der Waals surface area (Å²) in [5.74, 6) is 0.0442. The second-order valence-corrected chi connectivity index (χ2v) is 6.83. The summed E-state index contributed by atoms with van der Waals surface area (Å²) in [5.41, 5.74) is 2.04. The van der Waals surface area contributed by atoms with Crippen LogP contribution in [0.4, 0.5) is 9.52 Å². The maximum atomic E-state index is 13.2. The molecule has 6 nitrogen and oxygen atoms in total. The molecule has 0 radical (unpaired) electrons. The van der Waals surface area contributed by atoms with Crippen LogP contribution in [0.25, 0.3) is 10.9 Å². The van der Waals surface area contributed by atoms with E-state index in [1.54, 1.807) is 21.4 Å². The molecule has 0 aliphatic carbocycles. The van der Waals surface area contributed by atoms with E-state index in [4.69, 9.17) is 0 Å². The molecule has 1 aromatic carbocycles. The van der Waals surface area contributed by atoms with Crippen molar-refractivity contribution in [1.82, 2.24) is 19.7 Å². The van der Waals surface area contributed by atoms with E-state index in [-0.39, 0.29) is 11.4 Å². The standard InChI is InChI=1S/C16H16FN5OS/c17-12-1-2-13-14(7-12)18-9-22(15(13)23)8-11-3-5-21(6-4-11)16-20-19-10-24-16/h1-2,7,9-11H,3-6,8H2. The first-order valence-electron chi connectivity index (χ1n) is 7.86. The summed E-state index contributed by atoms with van der Waals surface area (Å²) >= 11 is 1.55. The summed E-state index contributed by atoms with van der Waals surface area (Å²) in [6.45, 7) is 2.48. The number of piperidine rings is 1. The van der Waals surface area contributed by atoms with Crippen LogP contribution in [0.15, 0.2) is 34.8 Å². The molecule has 2 aromatic heterocycles. The number of rotatable bonds is 3. The molecule has 1 saturated heterocycles. The molecule has 0 spiro atoms. The minimum Gasteiger partial charge on any atom is -0.347 e. The molecule has 4 rings (SSSR count).